The van der Waals surface area contributed by atoms with E-state index >= 15 is 0 Å². The van der Waals surface area contributed by atoms with Crippen LogP contribution in [0, 0.1) is 0 Å². The van der Waals surface area contributed by atoms with E-state index in [2.05, 4.69) is 57.7 Å². The van der Waals surface area contributed by atoms with Crippen LogP contribution in [0.5, 0.6) is 0 Å². The molecule has 4 aromatic rings. The number of hydrogen-bond donors (Lipinski definition) is 2. The Hall–Kier alpha value is -4.38. The highest BCUT2D eigenvalue weighted by atomic mass is 16.1. The highest BCUT2D eigenvalue weighted by Gasteiger charge is 2.27. The van der Waals surface area contributed by atoms with E-state index in [0.717, 1.165) is 46.9 Å². The highest BCUT2D eigenvalue weighted by molar-refractivity contribution is 6.08. The van der Waals surface area contributed by atoms with Crippen molar-refractivity contribution in [1.82, 2.24) is 4.98 Å². The van der Waals surface area contributed by atoms with Gasteiger partial charge in [-0.25, -0.2) is 0 Å². The fourth-order valence-corrected chi connectivity index (χ4v) is 4.20. The van der Waals surface area contributed by atoms with Gasteiger partial charge in [0.05, 0.1) is 22.8 Å². The molecule has 5 rings (SSSR count). The number of carbonyl (C=O) groups is 1. The Balaban J connectivity index is 1.68. The highest BCUT2D eigenvalue weighted by Crippen LogP contribution is 2.43. The lowest BCUT2D eigenvalue weighted by Gasteiger charge is -2.37. The molecule has 0 saturated heterocycles. The van der Waals surface area contributed by atoms with E-state index in [0.29, 0.717) is 5.56 Å². The number of aromatic nitrogens is 1. The van der Waals surface area contributed by atoms with Crippen molar-refractivity contribution in [1.29, 1.82) is 0 Å². The van der Waals surface area contributed by atoms with Gasteiger partial charge in [-0.3, -0.25) is 9.78 Å². The third-order valence-corrected chi connectivity index (χ3v) is 5.79. The zero-order valence-electron chi connectivity index (χ0n) is 18.1. The summed E-state index contributed by atoms with van der Waals surface area (Å²) in [4.78, 5) is 18.5. The van der Waals surface area contributed by atoms with Crippen LogP contribution in [-0.4, -0.2) is 17.4 Å². The molecule has 0 bridgehead atoms. The van der Waals surface area contributed by atoms with Crippen LogP contribution in [0.4, 0.5) is 11.4 Å². The predicted octanol–water partition coefficient (Wildman–Crippen LogP) is 5.18. The zero-order chi connectivity index (χ0) is 22.6. The van der Waals surface area contributed by atoms with Crippen molar-refractivity contribution in [2.45, 2.75) is 6.42 Å². The second-order valence-corrected chi connectivity index (χ2v) is 7.94. The number of pyridine rings is 1. The minimum absolute atomic E-state index is 0.444. The molecule has 0 fully saturated rings. The molecule has 162 valence electrons. The van der Waals surface area contributed by atoms with Crippen molar-refractivity contribution < 1.29 is 4.79 Å². The smallest absolute Gasteiger partial charge is 0.248 e. The largest absolute Gasteiger partial charge is 0.366 e. The molecule has 3 aromatic carbocycles. The number of rotatable bonds is 6. The van der Waals surface area contributed by atoms with Gasteiger partial charge in [0.25, 0.3) is 0 Å². The van der Waals surface area contributed by atoms with Gasteiger partial charge in [-0.15, -0.1) is 0 Å². The van der Waals surface area contributed by atoms with Crippen molar-refractivity contribution in [3.8, 4) is 0 Å². The van der Waals surface area contributed by atoms with E-state index in [4.69, 9.17) is 5.73 Å². The van der Waals surface area contributed by atoms with Gasteiger partial charge in [-0.05, 0) is 36.2 Å². The molecule has 0 saturated carbocycles. The number of nitrogens with two attached hydrogens (primary N) is 1. The molecule has 0 spiro atoms. The Kier molecular flexibility index (Phi) is 5.60. The molecule has 0 atom stereocenters. The Bertz CT molecular complexity index is 1300. The second-order valence-electron chi connectivity index (χ2n) is 7.94. The number of carbonyl (C=O) groups excluding carboxylic acids is 1. The van der Waals surface area contributed by atoms with E-state index in [-0.39, 0.29) is 0 Å². The average molecular weight is 433 g/mol. The number of fused-ring (bicyclic) bond motifs is 1. The molecule has 5 nitrogen and oxygen atoms in total. The van der Waals surface area contributed by atoms with Crippen molar-refractivity contribution in [3.05, 3.63) is 126 Å². The quantitative estimate of drug-likeness (QED) is 0.440. The first-order valence-corrected chi connectivity index (χ1v) is 10.9. The number of anilines is 2. The monoisotopic (exact) mass is 432 g/mol. The summed E-state index contributed by atoms with van der Waals surface area (Å²) in [5.41, 5.74) is 13.3. The van der Waals surface area contributed by atoms with Gasteiger partial charge in [0.1, 0.15) is 0 Å². The van der Waals surface area contributed by atoms with Crippen LogP contribution >= 0.6 is 0 Å². The van der Waals surface area contributed by atoms with Gasteiger partial charge in [0.15, 0.2) is 0 Å². The average Bonchev–Trinajstić information content (AvgIpc) is 2.88. The van der Waals surface area contributed by atoms with Crippen LogP contribution < -0.4 is 16.0 Å². The normalized spacial score (nSPS) is 12.8. The summed E-state index contributed by atoms with van der Waals surface area (Å²) < 4.78 is 0. The van der Waals surface area contributed by atoms with Crippen LogP contribution in [0.3, 0.4) is 0 Å². The van der Waals surface area contributed by atoms with E-state index in [1.165, 1.54) is 5.56 Å². The Morgan fingerprint density at radius 3 is 2.27 bits per heavy atom. The summed E-state index contributed by atoms with van der Waals surface area (Å²) in [6, 6.07) is 30.3. The number of nitrogens with one attached hydrogen (secondary N) is 1. The summed E-state index contributed by atoms with van der Waals surface area (Å²) in [5.74, 6) is -0.444. The van der Waals surface area contributed by atoms with Crippen LogP contribution in [0.15, 0.2) is 103 Å². The topological polar surface area (TPSA) is 71.2 Å². The summed E-state index contributed by atoms with van der Waals surface area (Å²) in [6.07, 6.45) is 4.52. The van der Waals surface area contributed by atoms with Gasteiger partial charge in [-0.1, -0.05) is 66.7 Å². The number of primary amides is 1. The van der Waals surface area contributed by atoms with Gasteiger partial charge < -0.3 is 16.0 Å². The zero-order valence-corrected chi connectivity index (χ0v) is 18.1. The number of nitrogens with zero attached hydrogens (tertiary/aromatic N) is 2. The van der Waals surface area contributed by atoms with Crippen molar-refractivity contribution in [3.63, 3.8) is 0 Å². The third kappa shape index (κ3) is 4.21. The maximum atomic E-state index is 11.9. The molecule has 1 aromatic heterocycles. The molecule has 1 amide bonds. The molecular formula is C28H24N4O. The lowest BCUT2D eigenvalue weighted by Crippen LogP contribution is -2.31. The van der Waals surface area contributed by atoms with E-state index in [1.54, 1.807) is 12.3 Å². The van der Waals surface area contributed by atoms with Crippen LogP contribution in [0.25, 0.3) is 11.4 Å². The first-order valence-electron chi connectivity index (χ1n) is 10.9. The molecule has 33 heavy (non-hydrogen) atoms. The predicted molar refractivity (Wildman–Crippen MR) is 134 cm³/mol. The maximum absolute atomic E-state index is 11.9. The summed E-state index contributed by atoms with van der Waals surface area (Å²) >= 11 is 0. The number of amides is 1. The van der Waals surface area contributed by atoms with Crippen molar-refractivity contribution in [2.75, 3.05) is 16.8 Å². The van der Waals surface area contributed by atoms with Crippen molar-refractivity contribution >= 4 is 28.7 Å². The molecule has 3 N–H and O–H groups in total. The minimum atomic E-state index is -0.444. The number of hydrogen-bond acceptors (Lipinski definition) is 4. The molecule has 5 heteroatoms. The van der Waals surface area contributed by atoms with Gasteiger partial charge in [-0.2, -0.15) is 0 Å². The van der Waals surface area contributed by atoms with Crippen LogP contribution in [0.2, 0.25) is 0 Å². The Labute approximate surface area is 193 Å². The lowest BCUT2D eigenvalue weighted by atomic mass is 9.98. The molecule has 1 aliphatic rings. The Morgan fingerprint density at radius 1 is 0.879 bits per heavy atom. The standard InChI is InChI=1S/C28H24N4O/c29-28(33)23-13-14-25-24(18-23)31-26(21-9-3-1-4-10-21)27(22-11-5-2-6-12-22)32(25)17-15-20-8-7-16-30-19-20/h1-14,16,18-19,31H,15,17H2,(H2,29,33). The van der Waals surface area contributed by atoms with Gasteiger partial charge in [0, 0.05) is 35.6 Å². The summed E-state index contributed by atoms with van der Waals surface area (Å²) in [6.45, 7) is 0.747. The summed E-state index contributed by atoms with van der Waals surface area (Å²) in [7, 11) is 0. The van der Waals surface area contributed by atoms with Crippen LogP contribution in [-0.2, 0) is 6.42 Å². The molecule has 2 heterocycles. The molecule has 0 unspecified atom stereocenters. The van der Waals surface area contributed by atoms with Gasteiger partial charge in [0.2, 0.25) is 5.91 Å². The van der Waals surface area contributed by atoms with Crippen molar-refractivity contribution in [2.24, 2.45) is 5.73 Å². The molecular weight excluding hydrogens is 408 g/mol. The third-order valence-electron chi connectivity index (χ3n) is 5.79. The van der Waals surface area contributed by atoms with E-state index in [9.17, 15) is 4.79 Å². The van der Waals surface area contributed by atoms with E-state index < -0.39 is 5.91 Å². The summed E-state index contributed by atoms with van der Waals surface area (Å²) in [5, 5.41) is 3.60. The van der Waals surface area contributed by atoms with Crippen LogP contribution in [0.1, 0.15) is 27.0 Å². The number of benzene rings is 3. The lowest BCUT2D eigenvalue weighted by molar-refractivity contribution is 0.100. The maximum Gasteiger partial charge on any atom is 0.248 e. The second kappa shape index (κ2) is 9.01. The minimum Gasteiger partial charge on any atom is -0.366 e. The molecule has 0 radical (unpaired) electrons. The molecule has 0 aliphatic carbocycles. The first-order chi connectivity index (χ1) is 16.2. The first kappa shape index (κ1) is 20.5. The fraction of sp³-hybridized carbons (Fsp3) is 0.0714. The molecule has 1 aliphatic heterocycles. The fourth-order valence-electron chi connectivity index (χ4n) is 4.20. The Morgan fingerprint density at radius 2 is 1.61 bits per heavy atom. The van der Waals surface area contributed by atoms with Gasteiger partial charge >= 0.3 is 0 Å². The van der Waals surface area contributed by atoms with E-state index in [1.807, 2.05) is 48.7 Å². The SMILES string of the molecule is NC(=O)c1ccc2c(c1)NC(c1ccccc1)=C(c1ccccc1)N2CCc1cccnc1.